The van der Waals surface area contributed by atoms with Crippen LogP contribution in [0.15, 0.2) is 33.7 Å². The van der Waals surface area contributed by atoms with Crippen LogP contribution in [0.3, 0.4) is 0 Å². The number of alkyl halides is 3. The first-order valence-electron chi connectivity index (χ1n) is 7.20. The fourth-order valence-electron chi connectivity index (χ4n) is 2.32. The predicted molar refractivity (Wildman–Crippen MR) is 82.5 cm³/mol. The third-order valence-electron chi connectivity index (χ3n) is 3.58. The second-order valence-electron chi connectivity index (χ2n) is 5.28. The fraction of sp³-hybridized carbons (Fsp3) is 0.400. The maximum Gasteiger partial charge on any atom is 0.501 e. The van der Waals surface area contributed by atoms with Gasteiger partial charge in [0.05, 0.1) is 16.3 Å². The molecule has 0 fully saturated rings. The van der Waals surface area contributed by atoms with E-state index in [1.165, 1.54) is 18.2 Å². The highest BCUT2D eigenvalue weighted by molar-refractivity contribution is 7.92. The molecule has 0 saturated heterocycles. The van der Waals surface area contributed by atoms with Crippen LogP contribution in [-0.4, -0.2) is 25.6 Å². The Hall–Kier alpha value is -2.03. The van der Waals surface area contributed by atoms with E-state index in [4.69, 9.17) is 4.52 Å². The van der Waals surface area contributed by atoms with Crippen molar-refractivity contribution in [1.29, 1.82) is 0 Å². The van der Waals surface area contributed by atoms with Crippen LogP contribution in [0, 0.1) is 13.8 Å². The van der Waals surface area contributed by atoms with Crippen molar-refractivity contribution in [3.05, 3.63) is 41.3 Å². The molecule has 1 aromatic heterocycles. The number of nitrogens with zero attached hydrogens (tertiary/aromatic N) is 1. The third kappa shape index (κ3) is 3.72. The van der Waals surface area contributed by atoms with Crippen LogP contribution in [0.5, 0.6) is 0 Å². The first-order chi connectivity index (χ1) is 11.1. The number of halogens is 3. The minimum atomic E-state index is -5.39. The van der Waals surface area contributed by atoms with E-state index >= 15 is 0 Å². The van der Waals surface area contributed by atoms with Gasteiger partial charge in [0.25, 0.3) is 9.84 Å². The number of hydrogen-bond donors (Lipinski definition) is 1. The van der Waals surface area contributed by atoms with E-state index in [9.17, 15) is 21.6 Å². The number of anilines is 1. The lowest BCUT2D eigenvalue weighted by Crippen LogP contribution is -2.24. The minimum Gasteiger partial charge on any atom is -0.384 e. The smallest absolute Gasteiger partial charge is 0.384 e. The summed E-state index contributed by atoms with van der Waals surface area (Å²) < 4.78 is 66.4. The molecule has 5 nitrogen and oxygen atoms in total. The second-order valence-corrected chi connectivity index (χ2v) is 7.19. The lowest BCUT2D eigenvalue weighted by molar-refractivity contribution is -0.0435. The summed E-state index contributed by atoms with van der Waals surface area (Å²) in [7, 11) is -5.39. The van der Waals surface area contributed by atoms with Gasteiger partial charge in [-0.15, -0.1) is 0 Å². The Morgan fingerprint density at radius 3 is 2.46 bits per heavy atom. The molecule has 1 heterocycles. The fourth-order valence-corrected chi connectivity index (χ4v) is 3.26. The molecular formula is C15H17F3N2O3S. The maximum atomic E-state index is 12.7. The van der Waals surface area contributed by atoms with E-state index in [1.54, 1.807) is 6.92 Å². The number of sulfone groups is 1. The molecule has 1 N–H and O–H groups in total. The molecule has 0 unspecified atom stereocenters. The van der Waals surface area contributed by atoms with Crippen LogP contribution in [-0.2, 0) is 16.3 Å². The van der Waals surface area contributed by atoms with Crippen molar-refractivity contribution >= 4 is 15.5 Å². The first-order valence-corrected chi connectivity index (χ1v) is 8.69. The van der Waals surface area contributed by atoms with Gasteiger partial charge in [0, 0.05) is 12.1 Å². The monoisotopic (exact) mass is 362 g/mol. The molecule has 9 heteroatoms. The Morgan fingerprint density at radius 2 is 1.88 bits per heavy atom. The van der Waals surface area contributed by atoms with Gasteiger partial charge in [-0.2, -0.15) is 13.2 Å². The van der Waals surface area contributed by atoms with E-state index in [-0.39, 0.29) is 5.69 Å². The summed E-state index contributed by atoms with van der Waals surface area (Å²) in [5.74, 6) is 0.701. The van der Waals surface area contributed by atoms with Gasteiger partial charge in [0.15, 0.2) is 0 Å². The van der Waals surface area contributed by atoms with Gasteiger partial charge in [0.2, 0.25) is 0 Å². The average Bonchev–Trinajstić information content (AvgIpc) is 2.82. The van der Waals surface area contributed by atoms with Crippen molar-refractivity contribution in [1.82, 2.24) is 5.16 Å². The maximum absolute atomic E-state index is 12.7. The van der Waals surface area contributed by atoms with E-state index in [0.29, 0.717) is 25.1 Å². The molecule has 0 saturated carbocycles. The Kier molecular flexibility index (Phi) is 5.22. The van der Waals surface area contributed by atoms with Gasteiger partial charge in [-0.1, -0.05) is 17.3 Å². The molecule has 0 amide bonds. The summed E-state index contributed by atoms with van der Waals surface area (Å²) in [5, 5.41) is 6.59. The summed E-state index contributed by atoms with van der Waals surface area (Å²) in [5.41, 5.74) is -3.67. The zero-order chi connectivity index (χ0) is 18.0. The van der Waals surface area contributed by atoms with Crippen LogP contribution in [0.4, 0.5) is 18.9 Å². The van der Waals surface area contributed by atoms with Crippen LogP contribution < -0.4 is 5.32 Å². The number of rotatable bonds is 6. The highest BCUT2D eigenvalue weighted by atomic mass is 32.2. The summed E-state index contributed by atoms with van der Waals surface area (Å²) >= 11 is 0. The molecule has 2 aromatic rings. The SMILES string of the molecule is Cc1noc(C)c1CCCNc1ccccc1S(=O)(=O)C(F)(F)F. The van der Waals surface area contributed by atoms with Crippen LogP contribution in [0.1, 0.15) is 23.4 Å². The van der Waals surface area contributed by atoms with Gasteiger partial charge in [0.1, 0.15) is 5.76 Å². The largest absolute Gasteiger partial charge is 0.501 e. The first kappa shape index (κ1) is 18.3. The number of para-hydroxylation sites is 1. The predicted octanol–water partition coefficient (Wildman–Crippen LogP) is 3.63. The second kappa shape index (κ2) is 6.84. The van der Waals surface area contributed by atoms with Crippen LogP contribution in [0.25, 0.3) is 0 Å². The van der Waals surface area contributed by atoms with Gasteiger partial charge >= 0.3 is 5.51 Å². The normalized spacial score (nSPS) is 12.4. The third-order valence-corrected chi connectivity index (χ3v) is 5.13. The molecule has 132 valence electrons. The number of aryl methyl sites for hydroxylation is 2. The topological polar surface area (TPSA) is 72.2 Å². The van der Waals surface area contributed by atoms with Crippen LogP contribution >= 0.6 is 0 Å². The molecule has 0 bridgehead atoms. The highest BCUT2D eigenvalue weighted by Gasteiger charge is 2.47. The van der Waals surface area contributed by atoms with Crippen molar-refractivity contribution in [2.75, 3.05) is 11.9 Å². The van der Waals surface area contributed by atoms with Gasteiger partial charge in [-0.25, -0.2) is 8.42 Å². The summed E-state index contributed by atoms with van der Waals surface area (Å²) in [6.07, 6.45) is 1.21. The molecule has 0 aliphatic heterocycles. The number of hydrogen-bond acceptors (Lipinski definition) is 5. The van der Waals surface area contributed by atoms with E-state index in [0.717, 1.165) is 17.3 Å². The Morgan fingerprint density at radius 1 is 1.21 bits per heavy atom. The average molecular weight is 362 g/mol. The van der Waals surface area contributed by atoms with Crippen molar-refractivity contribution in [3.8, 4) is 0 Å². The zero-order valence-electron chi connectivity index (χ0n) is 13.1. The van der Waals surface area contributed by atoms with Gasteiger partial charge in [-0.05, 0) is 38.8 Å². The molecule has 1 aromatic carbocycles. The van der Waals surface area contributed by atoms with Crippen molar-refractivity contribution < 1.29 is 26.1 Å². The van der Waals surface area contributed by atoms with Crippen LogP contribution in [0.2, 0.25) is 0 Å². The minimum absolute atomic E-state index is 0.0615. The molecule has 24 heavy (non-hydrogen) atoms. The standard InChI is InChI=1S/C15H17F3N2O3S/c1-10-12(11(2)23-20-10)6-5-9-19-13-7-3-4-8-14(13)24(21,22)15(16,17)18/h3-4,7-8,19H,5-6,9H2,1-2H3. The molecular weight excluding hydrogens is 345 g/mol. The number of aromatic nitrogens is 1. The van der Waals surface area contributed by atoms with E-state index in [2.05, 4.69) is 10.5 Å². The Labute approximate surface area is 137 Å². The summed E-state index contributed by atoms with van der Waals surface area (Å²) in [6.45, 7) is 3.91. The molecule has 2 rings (SSSR count). The lowest BCUT2D eigenvalue weighted by atomic mass is 10.1. The highest BCUT2D eigenvalue weighted by Crippen LogP contribution is 2.34. The number of nitrogens with one attached hydrogen (secondary N) is 1. The molecule has 0 spiro atoms. The van der Waals surface area contributed by atoms with E-state index < -0.39 is 20.2 Å². The van der Waals surface area contributed by atoms with Crippen molar-refractivity contribution in [2.24, 2.45) is 0 Å². The summed E-state index contributed by atoms with van der Waals surface area (Å²) in [4.78, 5) is -0.769. The van der Waals surface area contributed by atoms with E-state index in [1.807, 2.05) is 6.92 Å². The number of benzene rings is 1. The van der Waals surface area contributed by atoms with Gasteiger partial charge < -0.3 is 9.84 Å². The van der Waals surface area contributed by atoms with Gasteiger partial charge in [-0.3, -0.25) is 0 Å². The molecule has 0 radical (unpaired) electrons. The molecule has 0 aliphatic carbocycles. The zero-order valence-corrected chi connectivity index (χ0v) is 14.0. The Balaban J connectivity index is 2.07. The summed E-state index contributed by atoms with van der Waals surface area (Å²) in [6, 6.07) is 4.99. The quantitative estimate of drug-likeness (QED) is 0.795. The van der Waals surface area contributed by atoms with Crippen molar-refractivity contribution in [2.45, 2.75) is 37.1 Å². The van der Waals surface area contributed by atoms with Crippen molar-refractivity contribution in [3.63, 3.8) is 0 Å². The molecule has 0 atom stereocenters. The molecule has 0 aliphatic rings. The lowest BCUT2D eigenvalue weighted by Gasteiger charge is -2.14. The Bertz CT molecular complexity index is 794.